The molecular weight excluding hydrogens is 440 g/mol. The zero-order valence-electron chi connectivity index (χ0n) is 18.9. The smallest absolute Gasteiger partial charge is 0.230 e. The SMILES string of the molecule is COc1ccccc1-c1c(CC(=O)Nc2c(OC)cccc2OC)n(C)c2ccc(Cl)cc12. The molecule has 0 radical (unpaired) electrons. The van der Waals surface area contributed by atoms with Crippen LogP contribution >= 0.6 is 11.6 Å². The highest BCUT2D eigenvalue weighted by Gasteiger charge is 2.23. The van der Waals surface area contributed by atoms with Gasteiger partial charge in [0.2, 0.25) is 5.91 Å². The fourth-order valence-corrected chi connectivity index (χ4v) is 4.31. The fraction of sp³-hybridized carbons (Fsp3) is 0.192. The van der Waals surface area contributed by atoms with Crippen molar-refractivity contribution in [3.8, 4) is 28.4 Å². The van der Waals surface area contributed by atoms with Crippen LogP contribution in [0, 0.1) is 0 Å². The van der Waals surface area contributed by atoms with Gasteiger partial charge in [-0.15, -0.1) is 0 Å². The number of anilines is 1. The van der Waals surface area contributed by atoms with E-state index >= 15 is 0 Å². The van der Waals surface area contributed by atoms with Gasteiger partial charge in [-0.3, -0.25) is 4.79 Å². The molecule has 0 atom stereocenters. The summed E-state index contributed by atoms with van der Waals surface area (Å²) >= 11 is 6.35. The molecule has 1 heterocycles. The molecule has 0 aliphatic carbocycles. The van der Waals surface area contributed by atoms with Crippen LogP contribution in [0.1, 0.15) is 5.69 Å². The van der Waals surface area contributed by atoms with Gasteiger partial charge < -0.3 is 24.1 Å². The van der Waals surface area contributed by atoms with Gasteiger partial charge in [0.25, 0.3) is 0 Å². The standard InChI is InChI=1S/C26H25ClN2O4/c1-29-19-13-12-16(27)14-18(19)25(17-8-5-6-9-21(17)31-2)20(29)15-24(30)28-26-22(32-3)10-7-11-23(26)33-4/h5-14H,15H2,1-4H3,(H,28,30). The summed E-state index contributed by atoms with van der Waals surface area (Å²) in [6.45, 7) is 0. The number of rotatable bonds is 7. The predicted molar refractivity (Wildman–Crippen MR) is 132 cm³/mol. The maximum absolute atomic E-state index is 13.3. The van der Waals surface area contributed by atoms with Crippen LogP contribution < -0.4 is 19.5 Å². The molecule has 170 valence electrons. The number of para-hydroxylation sites is 2. The number of fused-ring (bicyclic) bond motifs is 1. The lowest BCUT2D eigenvalue weighted by Crippen LogP contribution is -2.17. The minimum absolute atomic E-state index is 0.122. The van der Waals surface area contributed by atoms with Crippen LogP contribution in [0.2, 0.25) is 5.02 Å². The molecule has 0 saturated heterocycles. The van der Waals surface area contributed by atoms with E-state index in [1.54, 1.807) is 39.5 Å². The van der Waals surface area contributed by atoms with Gasteiger partial charge in [0, 0.05) is 39.8 Å². The molecule has 0 fully saturated rings. The van der Waals surface area contributed by atoms with Crippen LogP contribution in [0.15, 0.2) is 60.7 Å². The Bertz CT molecular complexity index is 1310. The van der Waals surface area contributed by atoms with E-state index < -0.39 is 0 Å². The van der Waals surface area contributed by atoms with Gasteiger partial charge in [0.1, 0.15) is 22.9 Å². The molecule has 7 heteroatoms. The second-order valence-corrected chi connectivity index (χ2v) is 7.94. The zero-order valence-corrected chi connectivity index (χ0v) is 19.7. The van der Waals surface area contributed by atoms with Crippen molar-refractivity contribution in [1.82, 2.24) is 4.57 Å². The minimum atomic E-state index is -0.203. The first-order chi connectivity index (χ1) is 16.0. The van der Waals surface area contributed by atoms with E-state index in [-0.39, 0.29) is 12.3 Å². The molecular formula is C26H25ClN2O4. The van der Waals surface area contributed by atoms with Gasteiger partial charge >= 0.3 is 0 Å². The largest absolute Gasteiger partial charge is 0.496 e. The summed E-state index contributed by atoms with van der Waals surface area (Å²) in [4.78, 5) is 13.3. The van der Waals surface area contributed by atoms with Crippen LogP contribution in [0.3, 0.4) is 0 Å². The number of carbonyl (C=O) groups is 1. The number of aromatic nitrogens is 1. The van der Waals surface area contributed by atoms with Crippen LogP contribution in [-0.2, 0) is 18.3 Å². The molecule has 0 aliphatic heterocycles. The van der Waals surface area contributed by atoms with Crippen molar-refractivity contribution in [1.29, 1.82) is 0 Å². The van der Waals surface area contributed by atoms with Gasteiger partial charge in [0.15, 0.2) is 0 Å². The predicted octanol–water partition coefficient (Wildman–Crippen LogP) is 5.71. The van der Waals surface area contributed by atoms with E-state index in [2.05, 4.69) is 5.32 Å². The van der Waals surface area contributed by atoms with Crippen molar-refractivity contribution >= 4 is 34.1 Å². The average Bonchev–Trinajstić information content (AvgIpc) is 3.09. The van der Waals surface area contributed by atoms with E-state index in [9.17, 15) is 4.79 Å². The number of amides is 1. The lowest BCUT2D eigenvalue weighted by molar-refractivity contribution is -0.115. The van der Waals surface area contributed by atoms with Gasteiger partial charge in [-0.25, -0.2) is 0 Å². The summed E-state index contributed by atoms with van der Waals surface area (Å²) in [6, 6.07) is 18.8. The molecule has 0 saturated carbocycles. The molecule has 6 nitrogen and oxygen atoms in total. The molecule has 3 aromatic carbocycles. The fourth-order valence-electron chi connectivity index (χ4n) is 4.14. The molecule has 0 unspecified atom stereocenters. The maximum Gasteiger partial charge on any atom is 0.230 e. The topological polar surface area (TPSA) is 61.7 Å². The van der Waals surface area contributed by atoms with E-state index in [0.29, 0.717) is 22.2 Å². The highest BCUT2D eigenvalue weighted by molar-refractivity contribution is 6.31. The first-order valence-electron chi connectivity index (χ1n) is 10.4. The van der Waals surface area contributed by atoms with Crippen LogP contribution in [0.5, 0.6) is 17.2 Å². The number of nitrogens with one attached hydrogen (secondary N) is 1. The van der Waals surface area contributed by atoms with Crippen molar-refractivity contribution in [3.63, 3.8) is 0 Å². The van der Waals surface area contributed by atoms with Gasteiger partial charge in [0.05, 0.1) is 27.8 Å². The number of hydrogen-bond acceptors (Lipinski definition) is 4. The van der Waals surface area contributed by atoms with Crippen molar-refractivity contribution in [2.75, 3.05) is 26.6 Å². The van der Waals surface area contributed by atoms with Crippen molar-refractivity contribution in [2.45, 2.75) is 6.42 Å². The number of benzene rings is 3. The number of nitrogens with zero attached hydrogens (tertiary/aromatic N) is 1. The normalized spacial score (nSPS) is 10.8. The highest BCUT2D eigenvalue weighted by Crippen LogP contribution is 2.41. The van der Waals surface area contributed by atoms with Gasteiger partial charge in [-0.2, -0.15) is 0 Å². The molecule has 0 aliphatic rings. The van der Waals surface area contributed by atoms with E-state index in [1.165, 1.54) is 0 Å². The second-order valence-electron chi connectivity index (χ2n) is 7.50. The van der Waals surface area contributed by atoms with Gasteiger partial charge in [-0.1, -0.05) is 35.9 Å². The third-order valence-corrected chi connectivity index (χ3v) is 5.91. The second kappa shape index (κ2) is 9.46. The van der Waals surface area contributed by atoms with Crippen LogP contribution in [-0.4, -0.2) is 31.8 Å². The number of hydrogen-bond donors (Lipinski definition) is 1. The Balaban J connectivity index is 1.82. The highest BCUT2D eigenvalue weighted by atomic mass is 35.5. The molecule has 1 aromatic heterocycles. The number of ether oxygens (including phenoxy) is 3. The van der Waals surface area contributed by atoms with Crippen molar-refractivity contribution in [3.05, 3.63) is 71.4 Å². The van der Waals surface area contributed by atoms with Crippen molar-refractivity contribution < 1.29 is 19.0 Å². The summed E-state index contributed by atoms with van der Waals surface area (Å²) < 4.78 is 18.5. The lowest BCUT2D eigenvalue weighted by atomic mass is 9.99. The number of carbonyl (C=O) groups excluding carboxylic acids is 1. The molecule has 1 amide bonds. The monoisotopic (exact) mass is 464 g/mol. The Labute approximate surface area is 197 Å². The Morgan fingerprint density at radius 2 is 1.55 bits per heavy atom. The Morgan fingerprint density at radius 1 is 0.909 bits per heavy atom. The quantitative estimate of drug-likeness (QED) is 0.381. The third kappa shape index (κ3) is 4.22. The Morgan fingerprint density at radius 3 is 2.21 bits per heavy atom. The first-order valence-corrected chi connectivity index (χ1v) is 10.8. The zero-order chi connectivity index (χ0) is 23.5. The summed E-state index contributed by atoms with van der Waals surface area (Å²) in [6.07, 6.45) is 0.122. The van der Waals surface area contributed by atoms with Gasteiger partial charge in [-0.05, 0) is 36.4 Å². The summed E-state index contributed by atoms with van der Waals surface area (Å²) in [5.41, 5.74) is 4.11. The third-order valence-electron chi connectivity index (χ3n) is 5.68. The molecule has 4 aromatic rings. The Kier molecular flexibility index (Phi) is 6.47. The summed E-state index contributed by atoms with van der Waals surface area (Å²) in [5, 5.41) is 4.54. The van der Waals surface area contributed by atoms with Crippen LogP contribution in [0.25, 0.3) is 22.0 Å². The number of aryl methyl sites for hydroxylation is 1. The first kappa shape index (κ1) is 22.6. The molecule has 0 spiro atoms. The lowest BCUT2D eigenvalue weighted by Gasteiger charge is -2.15. The maximum atomic E-state index is 13.3. The van der Waals surface area contributed by atoms with Crippen LogP contribution in [0.4, 0.5) is 5.69 Å². The minimum Gasteiger partial charge on any atom is -0.496 e. The number of methoxy groups -OCH3 is 3. The summed E-state index contributed by atoms with van der Waals surface area (Å²) in [5.74, 6) is 1.57. The molecule has 33 heavy (non-hydrogen) atoms. The summed E-state index contributed by atoms with van der Waals surface area (Å²) in [7, 11) is 6.69. The van der Waals surface area contributed by atoms with E-state index in [0.717, 1.165) is 33.5 Å². The van der Waals surface area contributed by atoms with E-state index in [1.807, 2.05) is 54.1 Å². The van der Waals surface area contributed by atoms with E-state index in [4.69, 9.17) is 25.8 Å². The number of halogens is 1. The van der Waals surface area contributed by atoms with Crippen molar-refractivity contribution in [2.24, 2.45) is 7.05 Å². The molecule has 0 bridgehead atoms. The molecule has 1 N–H and O–H groups in total. The molecule has 4 rings (SSSR count). The average molecular weight is 465 g/mol. The Hall–Kier alpha value is -3.64.